The lowest BCUT2D eigenvalue weighted by molar-refractivity contribution is 0.00255. The molecule has 0 saturated carbocycles. The highest BCUT2D eigenvalue weighted by molar-refractivity contribution is 9.10. The third kappa shape index (κ3) is 3.26. The van der Waals surface area contributed by atoms with Gasteiger partial charge in [-0.3, -0.25) is 5.01 Å². The molecule has 2 atom stereocenters. The minimum atomic E-state index is 0.261. The van der Waals surface area contributed by atoms with Crippen LogP contribution in [0.5, 0.6) is 0 Å². The van der Waals surface area contributed by atoms with Crippen LogP contribution in [0.4, 0.5) is 0 Å². The summed E-state index contributed by atoms with van der Waals surface area (Å²) in [5.74, 6) is 1.04. The number of fused-ring (bicyclic) bond motifs is 1. The normalized spacial score (nSPS) is 23.0. The first-order chi connectivity index (χ1) is 13.6. The largest absolute Gasteiger partial charge is 0.341 e. The Hall–Kier alpha value is -1.47. The van der Waals surface area contributed by atoms with Gasteiger partial charge in [-0.25, -0.2) is 9.99 Å². The third-order valence-corrected chi connectivity index (χ3v) is 7.37. The van der Waals surface area contributed by atoms with Gasteiger partial charge in [-0.15, -0.1) is 0 Å². The summed E-state index contributed by atoms with van der Waals surface area (Å²) in [6.07, 6.45) is 4.53. The topological polar surface area (TPSA) is 35.2 Å². The average Bonchev–Trinajstić information content (AvgIpc) is 3.39. The van der Waals surface area contributed by atoms with Crippen LogP contribution in [0.1, 0.15) is 37.2 Å². The van der Waals surface area contributed by atoms with Crippen molar-refractivity contribution < 1.29 is 0 Å². The molecule has 3 aromatic rings. The van der Waals surface area contributed by atoms with E-state index in [1.54, 1.807) is 0 Å². The van der Waals surface area contributed by atoms with Crippen molar-refractivity contribution in [2.75, 3.05) is 6.54 Å². The van der Waals surface area contributed by atoms with E-state index < -0.39 is 0 Å². The molecule has 4 nitrogen and oxygen atoms in total. The summed E-state index contributed by atoms with van der Waals surface area (Å²) in [5, 5.41) is 5.95. The Kier molecular flexibility index (Phi) is 4.91. The van der Waals surface area contributed by atoms with Gasteiger partial charge in [-0.05, 0) is 65.5 Å². The van der Waals surface area contributed by atoms with Gasteiger partial charge < -0.3 is 4.98 Å². The standard InChI is InChI=1S/C21H20BrClN4S/c1-13-27(12-19(28-13)14-5-2-6-15(23)11-14)26-10-4-9-18(26)21-24-17-8-3-7-16(22)20(17)25-21/h2-3,5-8,11-13,18H,4,9-10H2,1H3,(H,24,25). The number of hydrazine groups is 1. The van der Waals surface area contributed by atoms with Gasteiger partial charge in [-0.2, -0.15) is 0 Å². The van der Waals surface area contributed by atoms with Crippen LogP contribution in [0.25, 0.3) is 15.9 Å². The molecule has 1 aromatic heterocycles. The molecule has 0 amide bonds. The van der Waals surface area contributed by atoms with Gasteiger partial charge in [-0.1, -0.05) is 41.6 Å². The monoisotopic (exact) mass is 474 g/mol. The van der Waals surface area contributed by atoms with E-state index in [0.29, 0.717) is 5.37 Å². The van der Waals surface area contributed by atoms with Crippen molar-refractivity contribution in [1.82, 2.24) is 20.0 Å². The lowest BCUT2D eigenvalue weighted by Crippen LogP contribution is -2.41. The number of hydrogen-bond acceptors (Lipinski definition) is 4. The highest BCUT2D eigenvalue weighted by Crippen LogP contribution is 2.44. The van der Waals surface area contributed by atoms with Crippen LogP contribution < -0.4 is 0 Å². The summed E-state index contributed by atoms with van der Waals surface area (Å²) in [7, 11) is 0. The van der Waals surface area contributed by atoms with Crippen molar-refractivity contribution >= 4 is 55.2 Å². The molecule has 1 fully saturated rings. The molecule has 2 aliphatic heterocycles. The highest BCUT2D eigenvalue weighted by atomic mass is 79.9. The predicted molar refractivity (Wildman–Crippen MR) is 121 cm³/mol. The summed E-state index contributed by atoms with van der Waals surface area (Å²) < 4.78 is 1.03. The van der Waals surface area contributed by atoms with Crippen LogP contribution in [0.3, 0.4) is 0 Å². The molecule has 5 rings (SSSR count). The number of thioether (sulfide) groups is 1. The van der Waals surface area contributed by atoms with Crippen molar-refractivity contribution in [3.8, 4) is 0 Å². The molecular formula is C21H20BrClN4S. The number of para-hydroxylation sites is 1. The third-order valence-electron chi connectivity index (χ3n) is 5.35. The van der Waals surface area contributed by atoms with E-state index >= 15 is 0 Å². The Morgan fingerprint density at radius 2 is 2.11 bits per heavy atom. The van der Waals surface area contributed by atoms with E-state index in [0.717, 1.165) is 45.7 Å². The summed E-state index contributed by atoms with van der Waals surface area (Å²) in [4.78, 5) is 9.71. The second-order valence-electron chi connectivity index (χ2n) is 7.18. The Labute approximate surface area is 182 Å². The van der Waals surface area contributed by atoms with Crippen LogP contribution in [0.15, 0.2) is 53.1 Å². The summed E-state index contributed by atoms with van der Waals surface area (Å²) in [6.45, 7) is 3.29. The number of halogens is 2. The van der Waals surface area contributed by atoms with E-state index in [1.807, 2.05) is 42.1 Å². The van der Waals surface area contributed by atoms with Gasteiger partial charge >= 0.3 is 0 Å². The molecule has 7 heteroatoms. The Morgan fingerprint density at radius 3 is 2.93 bits per heavy atom. The van der Waals surface area contributed by atoms with Crippen LogP contribution in [-0.2, 0) is 0 Å². The number of aromatic amines is 1. The molecule has 2 unspecified atom stereocenters. The molecule has 0 radical (unpaired) electrons. The molecule has 0 aliphatic carbocycles. The van der Waals surface area contributed by atoms with Crippen molar-refractivity contribution in [3.05, 3.63) is 69.5 Å². The number of hydrogen-bond donors (Lipinski definition) is 1. The van der Waals surface area contributed by atoms with Crippen LogP contribution in [0.2, 0.25) is 5.02 Å². The lowest BCUT2D eigenvalue weighted by Gasteiger charge is -2.35. The van der Waals surface area contributed by atoms with E-state index in [2.05, 4.69) is 56.2 Å². The van der Waals surface area contributed by atoms with Crippen LogP contribution in [0, 0.1) is 0 Å². The minimum absolute atomic E-state index is 0.261. The molecule has 2 aromatic carbocycles. The molecule has 2 aliphatic rings. The van der Waals surface area contributed by atoms with E-state index in [1.165, 1.54) is 10.5 Å². The van der Waals surface area contributed by atoms with E-state index in [4.69, 9.17) is 16.6 Å². The smallest absolute Gasteiger partial charge is 0.126 e. The van der Waals surface area contributed by atoms with Gasteiger partial charge in [0, 0.05) is 27.1 Å². The first-order valence-corrected chi connectivity index (χ1v) is 11.5. The highest BCUT2D eigenvalue weighted by Gasteiger charge is 2.36. The van der Waals surface area contributed by atoms with E-state index in [9.17, 15) is 0 Å². The fourth-order valence-corrected chi connectivity index (χ4v) is 5.77. The quantitative estimate of drug-likeness (QED) is 0.474. The average molecular weight is 476 g/mol. The zero-order valence-corrected chi connectivity index (χ0v) is 18.6. The molecule has 1 saturated heterocycles. The maximum atomic E-state index is 6.20. The predicted octanol–water partition coefficient (Wildman–Crippen LogP) is 6.42. The number of nitrogens with zero attached hydrogens (tertiary/aromatic N) is 3. The SMILES string of the molecule is CC1SC(c2cccc(Cl)c2)=CN1N1CCCC1c1nc2c(Br)cccc2[nH]1. The van der Waals surface area contributed by atoms with Crippen LogP contribution in [-0.4, -0.2) is 31.9 Å². The molecule has 144 valence electrons. The fraction of sp³-hybridized carbons (Fsp3) is 0.286. The number of aromatic nitrogens is 2. The van der Waals surface area contributed by atoms with Crippen LogP contribution >= 0.6 is 39.3 Å². The molecular weight excluding hydrogens is 456 g/mol. The minimum Gasteiger partial charge on any atom is -0.341 e. The van der Waals surface area contributed by atoms with Gasteiger partial charge in [0.05, 0.1) is 16.9 Å². The van der Waals surface area contributed by atoms with Gasteiger partial charge in [0.25, 0.3) is 0 Å². The number of imidazole rings is 1. The van der Waals surface area contributed by atoms with Crippen molar-refractivity contribution in [2.45, 2.75) is 31.2 Å². The van der Waals surface area contributed by atoms with Gasteiger partial charge in [0.2, 0.25) is 0 Å². The van der Waals surface area contributed by atoms with Crippen molar-refractivity contribution in [2.24, 2.45) is 0 Å². The number of H-pyrrole nitrogens is 1. The zero-order valence-electron chi connectivity index (χ0n) is 15.4. The molecule has 0 bridgehead atoms. The fourth-order valence-electron chi connectivity index (χ4n) is 4.04. The zero-order chi connectivity index (χ0) is 19.3. The first-order valence-electron chi connectivity index (χ1n) is 9.43. The second-order valence-corrected chi connectivity index (χ2v) is 9.83. The summed E-state index contributed by atoms with van der Waals surface area (Å²) in [5.41, 5.74) is 3.26. The number of rotatable bonds is 3. The Balaban J connectivity index is 1.46. The van der Waals surface area contributed by atoms with Crippen molar-refractivity contribution in [1.29, 1.82) is 0 Å². The van der Waals surface area contributed by atoms with E-state index in [-0.39, 0.29) is 6.04 Å². The van der Waals surface area contributed by atoms with Gasteiger partial charge in [0.1, 0.15) is 11.3 Å². The Morgan fingerprint density at radius 1 is 1.25 bits per heavy atom. The number of benzene rings is 2. The van der Waals surface area contributed by atoms with Gasteiger partial charge in [0.15, 0.2) is 0 Å². The first kappa shape index (κ1) is 18.6. The Bertz CT molecular complexity index is 1070. The maximum Gasteiger partial charge on any atom is 0.126 e. The molecule has 0 spiro atoms. The summed E-state index contributed by atoms with van der Waals surface area (Å²) in [6, 6.07) is 14.5. The second kappa shape index (κ2) is 7.41. The molecule has 3 heterocycles. The molecule has 28 heavy (non-hydrogen) atoms. The number of nitrogens with one attached hydrogen (secondary N) is 1. The van der Waals surface area contributed by atoms with Crippen molar-refractivity contribution in [3.63, 3.8) is 0 Å². The maximum absolute atomic E-state index is 6.20. The summed E-state index contributed by atoms with van der Waals surface area (Å²) >= 11 is 11.7. The molecule has 1 N–H and O–H groups in total. The lowest BCUT2D eigenvalue weighted by atomic mass is 10.2.